The average Bonchev–Trinajstić information content (AvgIpc) is 3.47. The molecule has 0 spiro atoms. The van der Waals surface area contributed by atoms with Crippen LogP contribution < -0.4 is 0 Å². The first kappa shape index (κ1) is 80.2. The fraction of sp³-hybridized carbons (Fsp3) is 0.934. The topological polar surface area (TPSA) is 78.9 Å². The smallest absolute Gasteiger partial charge is 0.306 e. The van der Waals surface area contributed by atoms with Gasteiger partial charge in [-0.15, -0.1) is 0 Å². The summed E-state index contributed by atoms with van der Waals surface area (Å²) in [6, 6.07) is 0. The Balaban J connectivity index is 4.24. The second-order valence-corrected chi connectivity index (χ2v) is 25.9. The van der Waals surface area contributed by atoms with E-state index in [-0.39, 0.29) is 31.1 Å². The van der Waals surface area contributed by atoms with Crippen LogP contribution >= 0.6 is 0 Å². The summed E-state index contributed by atoms with van der Waals surface area (Å²) in [5.74, 6) is -0.828. The molecule has 0 aromatic rings. The van der Waals surface area contributed by atoms with Gasteiger partial charge in [0, 0.05) is 19.3 Å². The molecule has 0 aromatic heterocycles. The highest BCUT2D eigenvalue weighted by atomic mass is 16.6. The molecule has 0 aliphatic rings. The molecule has 0 bridgehead atoms. The van der Waals surface area contributed by atoms with Crippen molar-refractivity contribution in [2.24, 2.45) is 0 Å². The number of esters is 3. The molecule has 1 atom stereocenters. The normalized spacial score (nSPS) is 12.0. The van der Waals surface area contributed by atoms with Gasteiger partial charge in [0.1, 0.15) is 13.2 Å². The molecule has 0 radical (unpaired) electrons. The van der Waals surface area contributed by atoms with E-state index in [0.29, 0.717) is 19.3 Å². The maximum atomic E-state index is 13.0. The Morgan fingerprint density at radius 3 is 0.610 bits per heavy atom. The van der Waals surface area contributed by atoms with Gasteiger partial charge in [0.25, 0.3) is 0 Å². The van der Waals surface area contributed by atoms with Crippen molar-refractivity contribution in [2.75, 3.05) is 13.2 Å². The first-order chi connectivity index (χ1) is 40.5. The van der Waals surface area contributed by atoms with Gasteiger partial charge in [0.15, 0.2) is 6.10 Å². The van der Waals surface area contributed by atoms with Crippen molar-refractivity contribution >= 4 is 17.9 Å². The summed E-state index contributed by atoms with van der Waals surface area (Å²) in [7, 11) is 0. The molecule has 82 heavy (non-hydrogen) atoms. The molecule has 6 nitrogen and oxygen atoms in total. The summed E-state index contributed by atoms with van der Waals surface area (Å²) in [6.45, 7) is 6.74. The van der Waals surface area contributed by atoms with Gasteiger partial charge in [-0.2, -0.15) is 0 Å². The maximum absolute atomic E-state index is 13.0. The first-order valence-corrected chi connectivity index (χ1v) is 37.7. The van der Waals surface area contributed by atoms with Gasteiger partial charge in [-0.3, -0.25) is 14.4 Å². The van der Waals surface area contributed by atoms with Crippen LogP contribution in [-0.4, -0.2) is 37.2 Å². The predicted molar refractivity (Wildman–Crippen MR) is 358 cm³/mol. The third-order valence-electron chi connectivity index (χ3n) is 17.5. The molecule has 0 heterocycles. The number of carbonyl (C=O) groups excluding carboxylic acids is 3. The van der Waals surface area contributed by atoms with Crippen LogP contribution in [0.1, 0.15) is 438 Å². The molecule has 0 amide bonds. The van der Waals surface area contributed by atoms with Crippen LogP contribution in [-0.2, 0) is 28.6 Å². The fourth-order valence-corrected chi connectivity index (χ4v) is 11.9. The quantitative estimate of drug-likeness (QED) is 0.0261. The zero-order valence-electron chi connectivity index (χ0n) is 56.1. The molecule has 486 valence electrons. The standard InChI is InChI=1S/C76H146O6/c1-4-7-10-13-16-19-22-25-28-31-34-36-37-38-39-40-41-43-45-48-51-54-57-60-63-66-69-75(78)81-72-73(71-80-74(77)68-65-62-59-56-53-50-47-44-33-30-27-24-21-18-15-12-9-6-3)82-76(79)70-67-64-61-58-55-52-49-46-42-35-32-29-26-23-20-17-14-11-8-5-2/h30,33,73H,4-29,31-32,34-72H2,1-3H3/b33-30-. The highest BCUT2D eigenvalue weighted by Gasteiger charge is 2.20. The van der Waals surface area contributed by atoms with E-state index in [1.54, 1.807) is 0 Å². The lowest BCUT2D eigenvalue weighted by molar-refractivity contribution is -0.167. The van der Waals surface area contributed by atoms with Crippen LogP contribution in [0.4, 0.5) is 0 Å². The van der Waals surface area contributed by atoms with Gasteiger partial charge in [-0.05, 0) is 44.9 Å². The molecule has 0 aliphatic heterocycles. The van der Waals surface area contributed by atoms with E-state index in [9.17, 15) is 14.4 Å². The van der Waals surface area contributed by atoms with Gasteiger partial charge in [-0.25, -0.2) is 0 Å². The van der Waals surface area contributed by atoms with Gasteiger partial charge in [-0.1, -0.05) is 386 Å². The number of hydrogen-bond acceptors (Lipinski definition) is 6. The minimum atomic E-state index is -0.769. The minimum Gasteiger partial charge on any atom is -0.462 e. The summed E-state index contributed by atoms with van der Waals surface area (Å²) in [6.07, 6.45) is 86.8. The van der Waals surface area contributed by atoms with Crippen LogP contribution in [0, 0.1) is 0 Å². The zero-order chi connectivity index (χ0) is 59.2. The van der Waals surface area contributed by atoms with Crippen molar-refractivity contribution in [3.63, 3.8) is 0 Å². The van der Waals surface area contributed by atoms with Gasteiger partial charge in [0.05, 0.1) is 0 Å². The number of hydrogen-bond donors (Lipinski definition) is 0. The second kappa shape index (κ2) is 71.6. The van der Waals surface area contributed by atoms with Crippen molar-refractivity contribution < 1.29 is 28.6 Å². The Hall–Kier alpha value is -1.85. The van der Waals surface area contributed by atoms with E-state index in [1.165, 1.54) is 340 Å². The molecule has 1 unspecified atom stereocenters. The number of carbonyl (C=O) groups is 3. The molecule has 0 aliphatic carbocycles. The summed E-state index contributed by atoms with van der Waals surface area (Å²) >= 11 is 0. The molecule has 0 aromatic carbocycles. The van der Waals surface area contributed by atoms with Gasteiger partial charge >= 0.3 is 17.9 Å². The van der Waals surface area contributed by atoms with Gasteiger partial charge < -0.3 is 14.2 Å². The Morgan fingerprint density at radius 1 is 0.232 bits per heavy atom. The summed E-state index contributed by atoms with van der Waals surface area (Å²) in [4.78, 5) is 38.5. The zero-order valence-corrected chi connectivity index (χ0v) is 56.1. The number of rotatable bonds is 71. The van der Waals surface area contributed by atoms with Crippen LogP contribution in [0.3, 0.4) is 0 Å². The largest absolute Gasteiger partial charge is 0.462 e. The van der Waals surface area contributed by atoms with Crippen molar-refractivity contribution in [1.82, 2.24) is 0 Å². The Bertz CT molecular complexity index is 1280. The van der Waals surface area contributed by atoms with Crippen LogP contribution in [0.2, 0.25) is 0 Å². The maximum Gasteiger partial charge on any atom is 0.306 e. The molecule has 0 saturated heterocycles. The van der Waals surface area contributed by atoms with E-state index in [2.05, 4.69) is 32.9 Å². The van der Waals surface area contributed by atoms with Crippen LogP contribution in [0.15, 0.2) is 12.2 Å². The highest BCUT2D eigenvalue weighted by Crippen LogP contribution is 2.20. The molecule has 0 rings (SSSR count). The van der Waals surface area contributed by atoms with Crippen molar-refractivity contribution in [3.05, 3.63) is 12.2 Å². The van der Waals surface area contributed by atoms with Crippen molar-refractivity contribution in [2.45, 2.75) is 444 Å². The molecule has 0 saturated carbocycles. The first-order valence-electron chi connectivity index (χ1n) is 37.7. The summed E-state index contributed by atoms with van der Waals surface area (Å²) in [5, 5.41) is 0. The third kappa shape index (κ3) is 68.9. The SMILES string of the molecule is CCCCCCCCC/C=C\CCCCCCCCCC(=O)OCC(COC(=O)CCCCCCCCCCCCCCCCCCCCCCCCCCCC)OC(=O)CCCCCCCCCCCCCCCCCCCCCC. The lowest BCUT2D eigenvalue weighted by Gasteiger charge is -2.18. The minimum absolute atomic E-state index is 0.0639. The van der Waals surface area contributed by atoms with E-state index < -0.39 is 6.10 Å². The lowest BCUT2D eigenvalue weighted by atomic mass is 10.0. The van der Waals surface area contributed by atoms with E-state index >= 15 is 0 Å². The molecular weight excluding hydrogens is 1010 g/mol. The van der Waals surface area contributed by atoms with Crippen molar-refractivity contribution in [3.8, 4) is 0 Å². The van der Waals surface area contributed by atoms with E-state index in [4.69, 9.17) is 14.2 Å². The van der Waals surface area contributed by atoms with Gasteiger partial charge in [0.2, 0.25) is 0 Å². The van der Waals surface area contributed by atoms with E-state index in [1.807, 2.05) is 0 Å². The summed E-state index contributed by atoms with van der Waals surface area (Å²) in [5.41, 5.74) is 0. The Morgan fingerprint density at radius 2 is 0.402 bits per heavy atom. The number of allylic oxidation sites excluding steroid dienone is 2. The average molecular weight is 1160 g/mol. The molecule has 0 fully saturated rings. The van der Waals surface area contributed by atoms with Crippen LogP contribution in [0.5, 0.6) is 0 Å². The fourth-order valence-electron chi connectivity index (χ4n) is 11.9. The second-order valence-electron chi connectivity index (χ2n) is 25.9. The molecule has 0 N–H and O–H groups in total. The Kier molecular flexibility index (Phi) is 70.0. The van der Waals surface area contributed by atoms with Crippen molar-refractivity contribution in [1.29, 1.82) is 0 Å². The molecular formula is C76H146O6. The predicted octanol–water partition coefficient (Wildman–Crippen LogP) is 26.0. The van der Waals surface area contributed by atoms with E-state index in [0.717, 1.165) is 57.8 Å². The molecule has 6 heteroatoms. The summed E-state index contributed by atoms with van der Waals surface area (Å²) < 4.78 is 17.1. The lowest BCUT2D eigenvalue weighted by Crippen LogP contribution is -2.30. The number of unbranched alkanes of at least 4 members (excludes halogenated alkanes) is 58. The van der Waals surface area contributed by atoms with Crippen LogP contribution in [0.25, 0.3) is 0 Å². The monoisotopic (exact) mass is 1160 g/mol. The Labute approximate surface area is 513 Å². The number of ether oxygens (including phenoxy) is 3. The highest BCUT2D eigenvalue weighted by molar-refractivity contribution is 5.71. The third-order valence-corrected chi connectivity index (χ3v) is 17.5.